The Morgan fingerprint density at radius 1 is 1.11 bits per heavy atom. The molecule has 53 heavy (non-hydrogen) atoms. The average Bonchev–Trinajstić information content (AvgIpc) is 3.60. The zero-order chi connectivity index (χ0) is 39.9. The topological polar surface area (TPSA) is 375 Å². The van der Waals surface area contributed by atoms with E-state index in [0.717, 1.165) is 29.0 Å². The van der Waals surface area contributed by atoms with Crippen LogP contribution in [0.2, 0.25) is 0 Å². The number of aliphatic hydroxyl groups is 2. The van der Waals surface area contributed by atoms with Gasteiger partial charge in [-0.15, -0.1) is 0 Å². The van der Waals surface area contributed by atoms with E-state index in [1.165, 1.54) is 13.8 Å². The number of aromatic nitrogens is 4. The lowest BCUT2D eigenvalue weighted by Crippen LogP contribution is -2.46. The Kier molecular flexibility index (Phi) is 15.4. The van der Waals surface area contributed by atoms with Gasteiger partial charge in [-0.1, -0.05) is 32.2 Å². The molecule has 3 heterocycles. The van der Waals surface area contributed by atoms with Gasteiger partial charge in [0.2, 0.25) is 16.9 Å². The Bertz CT molecular complexity index is 1810. The molecule has 0 aromatic carbocycles. The summed E-state index contributed by atoms with van der Waals surface area (Å²) >= 11 is 0.967. The van der Waals surface area contributed by atoms with E-state index < -0.39 is 84.6 Å². The number of rotatable bonds is 20. The van der Waals surface area contributed by atoms with Gasteiger partial charge < -0.3 is 69.0 Å². The second kappa shape index (κ2) is 18.3. The molecule has 1 fully saturated rings. The standard InChI is InChI=1S/C25H40N7O17P3S/c1-13(2)24(37)53-8-7-27-15(33)5-6-28-22(36)19(35)25(3,4)10-46-52(43,44)49-51(41,42)45-9-14-18(48-50(38,39)40)17(34)23(47-14)32-12-31-16-20(26)29-11-30-21(16)32/h11-12,14,17-19,23,34-35H,1,5-10H2,2-4H3,(H,27,33)(H,28,36)(H,41,42)(H,43,44)(H2,26,29,30)(H2,38,39,40)/p-4/t14-,17-,18-,19+,23-/m1/s1. The summed E-state index contributed by atoms with van der Waals surface area (Å²) < 4.78 is 60.3. The average molecular weight is 832 g/mol. The van der Waals surface area contributed by atoms with Crippen LogP contribution in [0, 0.1) is 5.41 Å². The molecule has 2 unspecified atom stereocenters. The number of aliphatic hydroxyl groups excluding tert-OH is 2. The minimum Gasteiger partial charge on any atom is -0.790 e. The molecule has 1 aliphatic rings. The van der Waals surface area contributed by atoms with Gasteiger partial charge in [0.15, 0.2) is 17.7 Å². The first-order valence-corrected chi connectivity index (χ1v) is 20.4. The van der Waals surface area contributed by atoms with E-state index in [2.05, 4.69) is 50.0 Å². The van der Waals surface area contributed by atoms with Crippen LogP contribution in [0.3, 0.4) is 0 Å². The van der Waals surface area contributed by atoms with Gasteiger partial charge in [0.1, 0.15) is 36.3 Å². The summed E-state index contributed by atoms with van der Waals surface area (Å²) in [7, 11) is -17.6. The quantitative estimate of drug-likeness (QED) is 0.0496. The highest BCUT2D eigenvalue weighted by Gasteiger charge is 2.47. The van der Waals surface area contributed by atoms with Crippen LogP contribution >= 0.6 is 35.2 Å². The number of imidazole rings is 1. The molecule has 2 amide bonds. The molecule has 298 valence electrons. The van der Waals surface area contributed by atoms with Crippen molar-refractivity contribution in [3.63, 3.8) is 0 Å². The molecule has 2 aromatic rings. The fourth-order valence-corrected chi connectivity index (χ4v) is 7.75. The van der Waals surface area contributed by atoms with E-state index in [9.17, 15) is 57.9 Å². The summed E-state index contributed by atoms with van der Waals surface area (Å²) in [4.78, 5) is 95.2. The summed E-state index contributed by atoms with van der Waals surface area (Å²) in [6, 6.07) is 0. The Morgan fingerprint density at radius 3 is 2.42 bits per heavy atom. The lowest BCUT2D eigenvalue weighted by molar-refractivity contribution is -0.347. The van der Waals surface area contributed by atoms with Crippen molar-refractivity contribution in [2.75, 3.05) is 37.8 Å². The Hall–Kier alpha value is -2.70. The number of nitrogens with zero attached hydrogens (tertiary/aromatic N) is 4. The van der Waals surface area contributed by atoms with Crippen molar-refractivity contribution in [1.82, 2.24) is 30.2 Å². The third-order valence-corrected chi connectivity index (χ3v) is 11.1. The second-order valence-corrected chi connectivity index (χ2v) is 17.0. The zero-order valence-electron chi connectivity index (χ0n) is 28.1. The summed E-state index contributed by atoms with van der Waals surface area (Å²) in [5.41, 5.74) is 4.42. The van der Waals surface area contributed by atoms with E-state index in [0.29, 0.717) is 11.3 Å². The van der Waals surface area contributed by atoms with E-state index in [4.69, 9.17) is 10.5 Å². The smallest absolute Gasteiger partial charge is 0.274 e. The summed E-state index contributed by atoms with van der Waals surface area (Å²) in [5.74, 6) is -1.28. The third kappa shape index (κ3) is 13.2. The molecule has 24 nitrogen and oxygen atoms in total. The van der Waals surface area contributed by atoms with Gasteiger partial charge in [-0.2, -0.15) is 0 Å². The highest BCUT2D eigenvalue weighted by atomic mass is 32.2. The van der Waals surface area contributed by atoms with Crippen LogP contribution in [0.5, 0.6) is 0 Å². The highest BCUT2D eigenvalue weighted by Crippen LogP contribution is 2.56. The molecule has 2 aromatic heterocycles. The molecule has 0 bridgehead atoms. The predicted molar refractivity (Wildman–Crippen MR) is 173 cm³/mol. The Balaban J connectivity index is 1.53. The molecule has 0 spiro atoms. The number of carbonyl (C=O) groups is 3. The number of anilines is 1. The molecular weight excluding hydrogens is 795 g/mol. The number of thioether (sulfide) groups is 1. The van der Waals surface area contributed by atoms with E-state index in [1.54, 1.807) is 6.92 Å². The molecule has 0 aliphatic carbocycles. The lowest BCUT2D eigenvalue weighted by atomic mass is 9.87. The Morgan fingerprint density at radius 2 is 1.77 bits per heavy atom. The number of nitrogens with one attached hydrogen (secondary N) is 2. The second-order valence-electron chi connectivity index (χ2n) is 11.9. The van der Waals surface area contributed by atoms with Gasteiger partial charge in [0, 0.05) is 30.7 Å². The van der Waals surface area contributed by atoms with Gasteiger partial charge in [-0.3, -0.25) is 28.1 Å². The summed E-state index contributed by atoms with van der Waals surface area (Å²) in [5, 5.41) is 25.8. The summed E-state index contributed by atoms with van der Waals surface area (Å²) in [6.45, 7) is 5.10. The minimum absolute atomic E-state index is 0.0228. The maximum absolute atomic E-state index is 12.5. The SMILES string of the molecule is C=C(C)C(=O)SCCNC(=O)CCNC(=O)[C@H](O)C(C)(C)COP(=O)([O-])OP(=O)([O-])OC[C@H]1O[C@@H](n2cnc3c(N)ncnc32)[C@H](O)[C@@H]1OP(=O)([O-])[O-]. The van der Waals surface area contributed by atoms with Crippen molar-refractivity contribution >= 4 is 69.1 Å². The largest absolute Gasteiger partial charge is 0.790 e. The van der Waals surface area contributed by atoms with Crippen LogP contribution in [-0.4, -0.2) is 103 Å². The number of hydrogen-bond donors (Lipinski definition) is 5. The number of hydrogen-bond acceptors (Lipinski definition) is 22. The number of phosphoric acid groups is 3. The van der Waals surface area contributed by atoms with Crippen molar-refractivity contribution in [2.24, 2.45) is 5.41 Å². The molecule has 1 aliphatic heterocycles. The first-order valence-electron chi connectivity index (χ1n) is 15.1. The number of carbonyl (C=O) groups excluding carboxylic acids is 3. The van der Waals surface area contributed by atoms with E-state index in [1.807, 2.05) is 0 Å². The van der Waals surface area contributed by atoms with Crippen LogP contribution in [0.4, 0.5) is 5.82 Å². The molecular formula is C25H36N7O17P3S-4. The molecule has 6 N–H and O–H groups in total. The predicted octanol–water partition coefficient (Wildman–Crippen LogP) is -3.29. The highest BCUT2D eigenvalue weighted by molar-refractivity contribution is 8.14. The van der Waals surface area contributed by atoms with Crippen LogP contribution in [0.1, 0.15) is 33.4 Å². The fraction of sp³-hybridized carbons (Fsp3) is 0.600. The lowest BCUT2D eigenvalue weighted by Gasteiger charge is -2.36. The number of nitrogen functional groups attached to an aromatic ring is 1. The van der Waals surface area contributed by atoms with Gasteiger partial charge in [0.05, 0.1) is 27.4 Å². The van der Waals surface area contributed by atoms with Crippen LogP contribution < -0.4 is 35.9 Å². The zero-order valence-corrected chi connectivity index (χ0v) is 31.6. The van der Waals surface area contributed by atoms with Crippen molar-refractivity contribution in [3.05, 3.63) is 24.8 Å². The molecule has 28 heteroatoms. The molecule has 3 rings (SSSR count). The van der Waals surface area contributed by atoms with Gasteiger partial charge in [-0.25, -0.2) is 19.3 Å². The molecule has 7 atom stereocenters. The third-order valence-electron chi connectivity index (χ3n) is 7.06. The molecule has 1 saturated heterocycles. The number of phosphoric ester groups is 3. The van der Waals surface area contributed by atoms with Gasteiger partial charge >= 0.3 is 0 Å². The van der Waals surface area contributed by atoms with E-state index >= 15 is 0 Å². The number of ether oxygens (including phenoxy) is 1. The number of amides is 2. The first kappa shape index (κ1) is 44.7. The maximum atomic E-state index is 12.5. The van der Waals surface area contributed by atoms with Gasteiger partial charge in [-0.05, 0) is 12.5 Å². The van der Waals surface area contributed by atoms with Crippen molar-refractivity contribution < 1.29 is 80.5 Å². The fourth-order valence-electron chi connectivity index (χ4n) is 4.37. The Labute approximate surface area is 305 Å². The van der Waals surface area contributed by atoms with Crippen molar-refractivity contribution in [1.29, 1.82) is 0 Å². The van der Waals surface area contributed by atoms with Crippen LogP contribution in [0.25, 0.3) is 11.2 Å². The minimum atomic E-state index is -5.91. The first-order chi connectivity index (χ1) is 24.4. The maximum Gasteiger partial charge on any atom is 0.274 e. The normalized spacial score (nSPS) is 22.1. The number of nitrogens with two attached hydrogens (primary N) is 1. The summed E-state index contributed by atoms with van der Waals surface area (Å²) in [6.07, 6.45) is -7.60. The van der Waals surface area contributed by atoms with Crippen LogP contribution in [-0.2, 0) is 50.7 Å². The molecule has 0 saturated carbocycles. The van der Waals surface area contributed by atoms with Crippen LogP contribution in [0.15, 0.2) is 24.8 Å². The van der Waals surface area contributed by atoms with Crippen molar-refractivity contribution in [2.45, 2.75) is 57.8 Å². The van der Waals surface area contributed by atoms with E-state index in [-0.39, 0.29) is 41.6 Å². The molecule has 0 radical (unpaired) electrons. The van der Waals surface area contributed by atoms with Gasteiger partial charge in [0.25, 0.3) is 15.6 Å². The monoisotopic (exact) mass is 831 g/mol. The van der Waals surface area contributed by atoms with Crippen molar-refractivity contribution in [3.8, 4) is 0 Å². The number of fused-ring (bicyclic) bond motifs is 1.